The Labute approximate surface area is 112 Å². The van der Waals surface area contributed by atoms with Gasteiger partial charge in [-0.05, 0) is 50.2 Å². The molecule has 3 nitrogen and oxygen atoms in total. The lowest BCUT2D eigenvalue weighted by Gasteiger charge is -2.09. The van der Waals surface area contributed by atoms with Crippen molar-refractivity contribution in [3.63, 3.8) is 0 Å². The second-order valence-electron chi connectivity index (χ2n) is 5.09. The standard InChI is InChI=1S/C14H21NO2S/c1-3-11-7-13(18-9(11)2)14(17)15-8-10-4-5-12(16)6-10/h7,10,12,16H,3-6,8H2,1-2H3,(H,15,17). The molecule has 4 heteroatoms. The van der Waals surface area contributed by atoms with Crippen LogP contribution in [0.15, 0.2) is 6.07 Å². The van der Waals surface area contributed by atoms with Gasteiger partial charge >= 0.3 is 0 Å². The van der Waals surface area contributed by atoms with E-state index in [2.05, 4.69) is 19.2 Å². The number of aliphatic hydroxyl groups is 1. The van der Waals surface area contributed by atoms with Crippen LogP contribution in [-0.4, -0.2) is 23.7 Å². The van der Waals surface area contributed by atoms with Crippen molar-refractivity contribution in [2.75, 3.05) is 6.54 Å². The van der Waals surface area contributed by atoms with E-state index >= 15 is 0 Å². The zero-order valence-corrected chi connectivity index (χ0v) is 11.8. The Morgan fingerprint density at radius 1 is 1.56 bits per heavy atom. The monoisotopic (exact) mass is 267 g/mol. The smallest absolute Gasteiger partial charge is 0.261 e. The van der Waals surface area contributed by atoms with Crippen molar-refractivity contribution in [1.29, 1.82) is 0 Å². The van der Waals surface area contributed by atoms with Gasteiger partial charge < -0.3 is 10.4 Å². The first-order valence-electron chi connectivity index (χ1n) is 6.65. The number of hydrogen-bond donors (Lipinski definition) is 2. The van der Waals surface area contributed by atoms with E-state index in [0.29, 0.717) is 12.5 Å². The van der Waals surface area contributed by atoms with Crippen LogP contribution < -0.4 is 5.32 Å². The van der Waals surface area contributed by atoms with E-state index in [0.717, 1.165) is 30.6 Å². The van der Waals surface area contributed by atoms with E-state index in [4.69, 9.17) is 0 Å². The van der Waals surface area contributed by atoms with Crippen LogP contribution in [0.5, 0.6) is 0 Å². The molecule has 1 amide bonds. The van der Waals surface area contributed by atoms with Crippen LogP contribution in [0, 0.1) is 12.8 Å². The first kappa shape index (κ1) is 13.6. The minimum atomic E-state index is -0.164. The summed E-state index contributed by atoms with van der Waals surface area (Å²) in [4.78, 5) is 14.0. The van der Waals surface area contributed by atoms with Gasteiger partial charge in [0.15, 0.2) is 0 Å². The molecule has 1 aliphatic rings. The normalized spacial score (nSPS) is 23.3. The number of aliphatic hydroxyl groups excluding tert-OH is 1. The van der Waals surface area contributed by atoms with Gasteiger partial charge in [-0.3, -0.25) is 4.79 Å². The second-order valence-corrected chi connectivity index (χ2v) is 6.34. The Bertz CT molecular complexity index is 427. The van der Waals surface area contributed by atoms with Crippen LogP contribution in [-0.2, 0) is 6.42 Å². The maximum atomic E-state index is 12.0. The topological polar surface area (TPSA) is 49.3 Å². The van der Waals surface area contributed by atoms with Crippen molar-refractivity contribution >= 4 is 17.2 Å². The van der Waals surface area contributed by atoms with E-state index in [-0.39, 0.29) is 12.0 Å². The maximum Gasteiger partial charge on any atom is 0.261 e. The summed E-state index contributed by atoms with van der Waals surface area (Å²) in [7, 11) is 0. The third-order valence-electron chi connectivity index (χ3n) is 3.69. The molecule has 0 aromatic carbocycles. The summed E-state index contributed by atoms with van der Waals surface area (Å²) in [5.41, 5.74) is 1.27. The van der Waals surface area contributed by atoms with Crippen LogP contribution in [0.1, 0.15) is 46.3 Å². The molecule has 2 unspecified atom stereocenters. The van der Waals surface area contributed by atoms with Gasteiger partial charge in [-0.2, -0.15) is 0 Å². The molecule has 0 radical (unpaired) electrons. The molecule has 2 atom stereocenters. The summed E-state index contributed by atoms with van der Waals surface area (Å²) >= 11 is 1.57. The fourth-order valence-electron chi connectivity index (χ4n) is 2.54. The molecule has 2 rings (SSSR count). The van der Waals surface area contributed by atoms with Gasteiger partial charge in [-0.15, -0.1) is 11.3 Å². The van der Waals surface area contributed by atoms with Gasteiger partial charge in [0, 0.05) is 11.4 Å². The van der Waals surface area contributed by atoms with Crippen molar-refractivity contribution in [2.24, 2.45) is 5.92 Å². The minimum absolute atomic E-state index is 0.0317. The highest BCUT2D eigenvalue weighted by Crippen LogP contribution is 2.25. The van der Waals surface area contributed by atoms with Gasteiger partial charge in [-0.1, -0.05) is 6.92 Å². The molecule has 1 aromatic heterocycles. The van der Waals surface area contributed by atoms with Crippen molar-refractivity contribution in [3.8, 4) is 0 Å². The fraction of sp³-hybridized carbons (Fsp3) is 0.643. The van der Waals surface area contributed by atoms with Gasteiger partial charge in [0.1, 0.15) is 0 Å². The molecular weight excluding hydrogens is 246 g/mol. The number of amides is 1. The highest BCUT2D eigenvalue weighted by molar-refractivity contribution is 7.14. The van der Waals surface area contributed by atoms with Gasteiger partial charge in [-0.25, -0.2) is 0 Å². The number of hydrogen-bond acceptors (Lipinski definition) is 3. The summed E-state index contributed by atoms with van der Waals surface area (Å²) in [6.07, 6.45) is 3.53. The SMILES string of the molecule is CCc1cc(C(=O)NCC2CCC(O)C2)sc1C. The number of rotatable bonds is 4. The van der Waals surface area contributed by atoms with Crippen LogP contribution in [0.25, 0.3) is 0 Å². The quantitative estimate of drug-likeness (QED) is 0.880. The lowest BCUT2D eigenvalue weighted by molar-refractivity contribution is 0.0949. The lowest BCUT2D eigenvalue weighted by atomic mass is 10.1. The minimum Gasteiger partial charge on any atom is -0.393 e. The number of aryl methyl sites for hydroxylation is 2. The maximum absolute atomic E-state index is 12.0. The van der Waals surface area contributed by atoms with Crippen LogP contribution in [0.3, 0.4) is 0 Å². The third kappa shape index (κ3) is 3.12. The molecule has 1 saturated carbocycles. The molecular formula is C14H21NO2S. The van der Waals surface area contributed by atoms with E-state index in [1.165, 1.54) is 10.4 Å². The largest absolute Gasteiger partial charge is 0.393 e. The average Bonchev–Trinajstić information content (AvgIpc) is 2.92. The second kappa shape index (κ2) is 5.85. The third-order valence-corrected chi connectivity index (χ3v) is 4.78. The predicted molar refractivity (Wildman–Crippen MR) is 74.1 cm³/mol. The van der Waals surface area contributed by atoms with E-state index in [1.54, 1.807) is 11.3 Å². The summed E-state index contributed by atoms with van der Waals surface area (Å²) in [5.74, 6) is 0.472. The van der Waals surface area contributed by atoms with Crippen molar-refractivity contribution in [2.45, 2.75) is 45.6 Å². The molecule has 0 aliphatic heterocycles. The predicted octanol–water partition coefficient (Wildman–Crippen LogP) is 2.51. The number of carbonyl (C=O) groups is 1. The molecule has 1 aliphatic carbocycles. The Hall–Kier alpha value is -0.870. The zero-order chi connectivity index (χ0) is 13.1. The molecule has 100 valence electrons. The van der Waals surface area contributed by atoms with Crippen molar-refractivity contribution in [3.05, 3.63) is 21.4 Å². The summed E-state index contributed by atoms with van der Waals surface area (Å²) in [6, 6.07) is 2.00. The Morgan fingerprint density at radius 3 is 2.89 bits per heavy atom. The van der Waals surface area contributed by atoms with E-state index < -0.39 is 0 Å². The molecule has 0 spiro atoms. The highest BCUT2D eigenvalue weighted by Gasteiger charge is 2.23. The number of thiophene rings is 1. The molecule has 1 aromatic rings. The van der Waals surface area contributed by atoms with E-state index in [9.17, 15) is 9.90 Å². The number of nitrogens with one attached hydrogen (secondary N) is 1. The van der Waals surface area contributed by atoms with Gasteiger partial charge in [0.05, 0.1) is 11.0 Å². The summed E-state index contributed by atoms with van der Waals surface area (Å²) in [5, 5.41) is 12.4. The Morgan fingerprint density at radius 2 is 2.33 bits per heavy atom. The average molecular weight is 267 g/mol. The fourth-order valence-corrected chi connectivity index (χ4v) is 3.57. The molecule has 0 bridgehead atoms. The van der Waals surface area contributed by atoms with Crippen LogP contribution >= 0.6 is 11.3 Å². The highest BCUT2D eigenvalue weighted by atomic mass is 32.1. The first-order valence-corrected chi connectivity index (χ1v) is 7.47. The van der Waals surface area contributed by atoms with Crippen LogP contribution in [0.4, 0.5) is 0 Å². The Kier molecular flexibility index (Phi) is 4.40. The van der Waals surface area contributed by atoms with Crippen molar-refractivity contribution in [1.82, 2.24) is 5.32 Å². The molecule has 0 saturated heterocycles. The molecule has 1 fully saturated rings. The first-order chi connectivity index (χ1) is 8.60. The number of carbonyl (C=O) groups excluding carboxylic acids is 1. The van der Waals surface area contributed by atoms with Crippen molar-refractivity contribution < 1.29 is 9.90 Å². The zero-order valence-electron chi connectivity index (χ0n) is 11.0. The van der Waals surface area contributed by atoms with Gasteiger partial charge in [0.2, 0.25) is 0 Å². The Balaban J connectivity index is 1.87. The lowest BCUT2D eigenvalue weighted by Crippen LogP contribution is -2.28. The van der Waals surface area contributed by atoms with Crippen LogP contribution in [0.2, 0.25) is 0 Å². The molecule has 1 heterocycles. The summed E-state index contributed by atoms with van der Waals surface area (Å²) in [6.45, 7) is 4.86. The summed E-state index contributed by atoms with van der Waals surface area (Å²) < 4.78 is 0. The molecule has 2 N–H and O–H groups in total. The molecule has 18 heavy (non-hydrogen) atoms. The van der Waals surface area contributed by atoms with E-state index in [1.807, 2.05) is 6.07 Å². The van der Waals surface area contributed by atoms with Gasteiger partial charge in [0.25, 0.3) is 5.91 Å².